The molecule has 0 spiro atoms. The van der Waals surface area contributed by atoms with E-state index in [-0.39, 0.29) is 17.6 Å². The Labute approximate surface area is 139 Å². The third-order valence-corrected chi connectivity index (χ3v) is 3.07. The smallest absolute Gasteiger partial charge is 0.338 e. The molecule has 8 heteroatoms. The highest BCUT2D eigenvalue weighted by molar-refractivity contribution is 5.89. The van der Waals surface area contributed by atoms with Gasteiger partial charge in [-0.3, -0.25) is 4.79 Å². The van der Waals surface area contributed by atoms with Gasteiger partial charge in [-0.05, 0) is 36.8 Å². The van der Waals surface area contributed by atoms with Crippen molar-refractivity contribution in [3.63, 3.8) is 0 Å². The highest BCUT2D eigenvalue weighted by atomic mass is 19.2. The van der Waals surface area contributed by atoms with Gasteiger partial charge >= 0.3 is 5.97 Å². The summed E-state index contributed by atoms with van der Waals surface area (Å²) in [6.45, 7) is 4.46. The van der Waals surface area contributed by atoms with E-state index in [9.17, 15) is 27.2 Å². The average molecular weight is 354 g/mol. The zero-order valence-corrected chi connectivity index (χ0v) is 12.7. The van der Waals surface area contributed by atoms with Crippen LogP contribution < -0.4 is 9.47 Å². The van der Waals surface area contributed by atoms with E-state index < -0.39 is 46.3 Å². The molecule has 0 aromatic heterocycles. The van der Waals surface area contributed by atoms with Crippen LogP contribution in [-0.2, 0) is 9.59 Å². The van der Waals surface area contributed by atoms with E-state index in [0.29, 0.717) is 12.1 Å². The van der Waals surface area contributed by atoms with Crippen molar-refractivity contribution >= 4 is 12.4 Å². The number of esters is 1. The van der Waals surface area contributed by atoms with Crippen LogP contribution in [0, 0.1) is 23.3 Å². The molecule has 0 bridgehead atoms. The third kappa shape index (κ3) is 3.68. The van der Waals surface area contributed by atoms with Crippen molar-refractivity contribution in [1.29, 1.82) is 0 Å². The lowest BCUT2D eigenvalue weighted by Gasteiger charge is -2.10. The summed E-state index contributed by atoms with van der Waals surface area (Å²) in [5, 5.41) is 0. The molecule has 2 aromatic carbocycles. The fourth-order valence-electron chi connectivity index (χ4n) is 1.89. The van der Waals surface area contributed by atoms with Crippen LogP contribution in [0.4, 0.5) is 17.6 Å². The van der Waals surface area contributed by atoms with E-state index >= 15 is 0 Å². The number of hydrogen-bond donors (Lipinski definition) is 0. The van der Waals surface area contributed by atoms with E-state index in [1.54, 1.807) is 0 Å². The summed E-state index contributed by atoms with van der Waals surface area (Å²) >= 11 is 0. The average Bonchev–Trinajstić information content (AvgIpc) is 2.55. The summed E-state index contributed by atoms with van der Waals surface area (Å²) in [6, 6.07) is 3.24. The monoisotopic (exact) mass is 354 g/mol. The standard InChI is InChI=1S/C17H10F4O4/c1-8(2)17(23)25-16-11(18)5-9(6-12(16)19)10-3-4-13(24-7-22)15(21)14(10)20/h3-7H,1H2,2H3. The first-order chi connectivity index (χ1) is 11.8. The summed E-state index contributed by atoms with van der Waals surface area (Å²) in [4.78, 5) is 21.6. The number of hydrogen-bond acceptors (Lipinski definition) is 4. The van der Waals surface area contributed by atoms with Crippen molar-refractivity contribution in [3.05, 3.63) is 59.7 Å². The first kappa shape index (κ1) is 18.2. The number of benzene rings is 2. The number of halogens is 4. The normalized spacial score (nSPS) is 10.3. The highest BCUT2D eigenvalue weighted by Gasteiger charge is 2.21. The first-order valence-electron chi connectivity index (χ1n) is 6.71. The number of carbonyl (C=O) groups excluding carboxylic acids is 2. The van der Waals surface area contributed by atoms with E-state index in [1.807, 2.05) is 0 Å². The molecule has 0 aliphatic carbocycles. The quantitative estimate of drug-likeness (QED) is 0.268. The molecule has 2 aromatic rings. The molecular weight excluding hydrogens is 344 g/mol. The maximum absolute atomic E-state index is 14.0. The third-order valence-electron chi connectivity index (χ3n) is 3.07. The molecule has 25 heavy (non-hydrogen) atoms. The SMILES string of the molecule is C=C(C)C(=O)Oc1c(F)cc(-c2ccc(OC=O)c(F)c2F)cc1F. The Morgan fingerprint density at radius 1 is 1.08 bits per heavy atom. The van der Waals surface area contributed by atoms with Crippen molar-refractivity contribution in [2.75, 3.05) is 0 Å². The Bertz CT molecular complexity index is 854. The van der Waals surface area contributed by atoms with Gasteiger partial charge in [-0.25, -0.2) is 18.0 Å². The largest absolute Gasteiger partial charge is 0.425 e. The first-order valence-corrected chi connectivity index (χ1v) is 6.71. The van der Waals surface area contributed by atoms with Crippen LogP contribution in [-0.4, -0.2) is 12.4 Å². The Balaban J connectivity index is 2.48. The molecule has 0 atom stereocenters. The highest BCUT2D eigenvalue weighted by Crippen LogP contribution is 2.33. The molecule has 0 unspecified atom stereocenters. The van der Waals surface area contributed by atoms with Crippen LogP contribution in [0.5, 0.6) is 11.5 Å². The van der Waals surface area contributed by atoms with Crippen molar-refractivity contribution in [1.82, 2.24) is 0 Å². The summed E-state index contributed by atoms with van der Waals surface area (Å²) in [5.41, 5.74) is -0.910. The van der Waals surface area contributed by atoms with Crippen LogP contribution in [0.2, 0.25) is 0 Å². The number of rotatable bonds is 5. The van der Waals surface area contributed by atoms with Gasteiger partial charge < -0.3 is 9.47 Å². The topological polar surface area (TPSA) is 52.6 Å². The van der Waals surface area contributed by atoms with Crippen LogP contribution in [0.3, 0.4) is 0 Å². The molecule has 0 heterocycles. The zero-order chi connectivity index (χ0) is 18.7. The summed E-state index contributed by atoms with van der Waals surface area (Å²) in [7, 11) is 0. The molecular formula is C17H10F4O4. The summed E-state index contributed by atoms with van der Waals surface area (Å²) < 4.78 is 64.6. The lowest BCUT2D eigenvalue weighted by molar-refractivity contribution is -0.130. The van der Waals surface area contributed by atoms with Crippen molar-refractivity contribution < 1.29 is 36.6 Å². The van der Waals surface area contributed by atoms with Gasteiger partial charge in [-0.15, -0.1) is 0 Å². The molecule has 0 amide bonds. The Kier molecular flexibility index (Phi) is 5.21. The zero-order valence-electron chi connectivity index (χ0n) is 12.7. The van der Waals surface area contributed by atoms with Crippen LogP contribution >= 0.6 is 0 Å². The minimum atomic E-state index is -1.50. The van der Waals surface area contributed by atoms with Gasteiger partial charge in [-0.2, -0.15) is 4.39 Å². The van der Waals surface area contributed by atoms with Gasteiger partial charge in [-0.1, -0.05) is 6.58 Å². The van der Waals surface area contributed by atoms with Gasteiger partial charge in [0.05, 0.1) is 0 Å². The minimum absolute atomic E-state index is 0.0817. The molecule has 0 saturated heterocycles. The molecule has 0 fully saturated rings. The minimum Gasteiger partial charge on any atom is -0.425 e. The molecule has 2 rings (SSSR count). The van der Waals surface area contributed by atoms with Gasteiger partial charge in [0.15, 0.2) is 23.2 Å². The van der Waals surface area contributed by atoms with Crippen molar-refractivity contribution in [2.24, 2.45) is 0 Å². The van der Waals surface area contributed by atoms with E-state index in [1.165, 1.54) is 6.92 Å². The van der Waals surface area contributed by atoms with E-state index in [0.717, 1.165) is 12.1 Å². The fraction of sp³-hybridized carbons (Fsp3) is 0.0588. The van der Waals surface area contributed by atoms with Gasteiger partial charge in [0.2, 0.25) is 11.6 Å². The molecule has 0 saturated carbocycles. The summed E-state index contributed by atoms with van der Waals surface area (Å²) in [6.07, 6.45) is 0. The van der Waals surface area contributed by atoms with Crippen LogP contribution in [0.15, 0.2) is 36.4 Å². The molecule has 0 radical (unpaired) electrons. The number of carbonyl (C=O) groups is 2. The second kappa shape index (κ2) is 7.16. The van der Waals surface area contributed by atoms with Gasteiger partial charge in [0.25, 0.3) is 6.47 Å². The Hall–Kier alpha value is -3.16. The van der Waals surface area contributed by atoms with Crippen molar-refractivity contribution in [2.45, 2.75) is 6.92 Å². The predicted molar refractivity (Wildman–Crippen MR) is 78.9 cm³/mol. The Morgan fingerprint density at radius 3 is 2.20 bits per heavy atom. The molecule has 0 aliphatic rings. The predicted octanol–water partition coefficient (Wildman–Crippen LogP) is 3.93. The maximum Gasteiger partial charge on any atom is 0.338 e. The number of ether oxygens (including phenoxy) is 2. The van der Waals surface area contributed by atoms with E-state index in [4.69, 9.17) is 0 Å². The van der Waals surface area contributed by atoms with Crippen LogP contribution in [0.25, 0.3) is 11.1 Å². The molecule has 130 valence electrons. The van der Waals surface area contributed by atoms with Crippen LogP contribution in [0.1, 0.15) is 6.92 Å². The maximum atomic E-state index is 14.0. The lowest BCUT2D eigenvalue weighted by atomic mass is 10.0. The second-order valence-corrected chi connectivity index (χ2v) is 4.89. The molecule has 0 aliphatic heterocycles. The lowest BCUT2D eigenvalue weighted by Crippen LogP contribution is -2.11. The van der Waals surface area contributed by atoms with E-state index in [2.05, 4.69) is 16.1 Å². The van der Waals surface area contributed by atoms with Gasteiger partial charge in [0, 0.05) is 11.1 Å². The fourth-order valence-corrected chi connectivity index (χ4v) is 1.89. The molecule has 4 nitrogen and oxygen atoms in total. The second-order valence-electron chi connectivity index (χ2n) is 4.89. The Morgan fingerprint density at radius 2 is 1.68 bits per heavy atom. The molecule has 0 N–H and O–H groups in total. The summed E-state index contributed by atoms with van der Waals surface area (Å²) in [5.74, 6) is -8.26. The van der Waals surface area contributed by atoms with Gasteiger partial charge in [0.1, 0.15) is 0 Å². The van der Waals surface area contributed by atoms with Crippen molar-refractivity contribution in [3.8, 4) is 22.6 Å².